The molecule has 1 heterocycles. The third kappa shape index (κ3) is 1.43. The lowest BCUT2D eigenvalue weighted by Crippen LogP contribution is -2.01. The van der Waals surface area contributed by atoms with Crippen LogP contribution in [0.15, 0.2) is 55.1 Å². The van der Waals surface area contributed by atoms with Crippen LogP contribution >= 0.6 is 0 Å². The fourth-order valence-corrected chi connectivity index (χ4v) is 3.23. The summed E-state index contributed by atoms with van der Waals surface area (Å²) in [6, 6.07) is 14.6. The molecule has 1 unspecified atom stereocenters. The van der Waals surface area contributed by atoms with Crippen LogP contribution in [0.2, 0.25) is 0 Å². The predicted octanol–water partition coefficient (Wildman–Crippen LogP) is 4.14. The van der Waals surface area contributed by atoms with Gasteiger partial charge in [-0.05, 0) is 34.2 Å². The lowest BCUT2D eigenvalue weighted by Gasteiger charge is -2.10. The van der Waals surface area contributed by atoms with Crippen LogP contribution in [0, 0.1) is 0 Å². The van der Waals surface area contributed by atoms with E-state index in [2.05, 4.69) is 42.2 Å². The summed E-state index contributed by atoms with van der Waals surface area (Å²) in [5.74, 6) is 0. The number of fused-ring (bicyclic) bond motifs is 2. The highest BCUT2D eigenvalue weighted by atomic mass is 16.3. The van der Waals surface area contributed by atoms with Gasteiger partial charge in [0, 0.05) is 16.6 Å². The van der Waals surface area contributed by atoms with Crippen LogP contribution in [-0.2, 0) is 6.42 Å². The maximum atomic E-state index is 10.2. The molecule has 0 saturated heterocycles. The lowest BCUT2D eigenvalue weighted by molar-refractivity contribution is 0.213. The SMILES string of the molecule is C=CCc1ccc2c3c(cc4ccccc4c13)NC2O. The monoisotopic (exact) mass is 261 g/mol. The minimum Gasteiger partial charge on any atom is -0.369 e. The Morgan fingerprint density at radius 1 is 1.15 bits per heavy atom. The quantitative estimate of drug-likeness (QED) is 0.537. The molecule has 0 radical (unpaired) electrons. The normalized spacial score (nSPS) is 16.6. The van der Waals surface area contributed by atoms with E-state index in [-0.39, 0.29) is 0 Å². The Balaban J connectivity index is 2.25. The smallest absolute Gasteiger partial charge is 0.151 e. The van der Waals surface area contributed by atoms with E-state index in [1.54, 1.807) is 0 Å². The first-order chi connectivity index (χ1) is 9.79. The molecule has 20 heavy (non-hydrogen) atoms. The van der Waals surface area contributed by atoms with Gasteiger partial charge in [-0.3, -0.25) is 0 Å². The maximum Gasteiger partial charge on any atom is 0.151 e. The van der Waals surface area contributed by atoms with Crippen molar-refractivity contribution in [3.63, 3.8) is 0 Å². The van der Waals surface area contributed by atoms with Crippen LogP contribution in [0.4, 0.5) is 5.69 Å². The molecule has 98 valence electrons. The van der Waals surface area contributed by atoms with Crippen molar-refractivity contribution in [2.45, 2.75) is 12.6 Å². The largest absolute Gasteiger partial charge is 0.369 e. The molecule has 1 aliphatic heterocycles. The summed E-state index contributed by atoms with van der Waals surface area (Å²) < 4.78 is 0. The number of hydrogen-bond acceptors (Lipinski definition) is 2. The highest BCUT2D eigenvalue weighted by Crippen LogP contribution is 2.43. The number of aliphatic hydroxyl groups is 1. The molecular formula is C18H15NO. The van der Waals surface area contributed by atoms with E-state index in [1.807, 2.05) is 18.2 Å². The Bertz CT molecular complexity index is 851. The van der Waals surface area contributed by atoms with Crippen LogP contribution in [0.3, 0.4) is 0 Å². The Kier molecular flexibility index (Phi) is 2.35. The number of nitrogens with one attached hydrogen (secondary N) is 1. The Morgan fingerprint density at radius 3 is 2.85 bits per heavy atom. The molecule has 0 spiro atoms. The van der Waals surface area contributed by atoms with Gasteiger partial charge in [0.25, 0.3) is 0 Å². The average Bonchev–Trinajstić information content (AvgIpc) is 2.78. The molecule has 1 atom stereocenters. The van der Waals surface area contributed by atoms with Gasteiger partial charge in [0.05, 0.1) is 0 Å². The molecule has 0 amide bonds. The zero-order chi connectivity index (χ0) is 13.7. The molecule has 0 bridgehead atoms. The summed E-state index contributed by atoms with van der Waals surface area (Å²) in [4.78, 5) is 0. The first kappa shape index (κ1) is 11.5. The van der Waals surface area contributed by atoms with Gasteiger partial charge in [0.2, 0.25) is 0 Å². The van der Waals surface area contributed by atoms with Crippen LogP contribution in [-0.4, -0.2) is 5.11 Å². The van der Waals surface area contributed by atoms with Gasteiger partial charge in [-0.25, -0.2) is 0 Å². The van der Waals surface area contributed by atoms with E-state index < -0.39 is 6.23 Å². The number of anilines is 1. The number of aliphatic hydroxyl groups excluding tert-OH is 1. The number of hydrogen-bond donors (Lipinski definition) is 2. The van der Waals surface area contributed by atoms with E-state index in [0.29, 0.717) is 0 Å². The molecule has 0 aromatic heterocycles. The third-order valence-corrected chi connectivity index (χ3v) is 4.07. The van der Waals surface area contributed by atoms with Gasteiger partial charge in [-0.1, -0.05) is 42.5 Å². The van der Waals surface area contributed by atoms with E-state index >= 15 is 0 Å². The predicted molar refractivity (Wildman–Crippen MR) is 83.9 cm³/mol. The maximum absolute atomic E-state index is 10.2. The molecule has 3 aromatic rings. The van der Waals surface area contributed by atoms with Gasteiger partial charge in [0.1, 0.15) is 0 Å². The van der Waals surface area contributed by atoms with Crippen LogP contribution in [0.25, 0.3) is 21.5 Å². The summed E-state index contributed by atoms with van der Waals surface area (Å²) in [6.45, 7) is 3.85. The molecule has 0 fully saturated rings. The molecule has 4 rings (SSSR count). The molecule has 0 aliphatic carbocycles. The van der Waals surface area contributed by atoms with Gasteiger partial charge in [-0.15, -0.1) is 6.58 Å². The average molecular weight is 261 g/mol. The van der Waals surface area contributed by atoms with Gasteiger partial charge in [0.15, 0.2) is 6.23 Å². The van der Waals surface area contributed by atoms with Crippen molar-refractivity contribution in [1.82, 2.24) is 0 Å². The summed E-state index contributed by atoms with van der Waals surface area (Å²) >= 11 is 0. The molecule has 3 aromatic carbocycles. The fraction of sp³-hybridized carbons (Fsp3) is 0.111. The number of rotatable bonds is 2. The minimum atomic E-state index is -0.609. The summed E-state index contributed by atoms with van der Waals surface area (Å²) in [7, 11) is 0. The Hall–Kier alpha value is -2.32. The second-order valence-electron chi connectivity index (χ2n) is 5.25. The van der Waals surface area contributed by atoms with Crippen LogP contribution in [0.5, 0.6) is 0 Å². The second-order valence-corrected chi connectivity index (χ2v) is 5.25. The number of benzene rings is 3. The molecule has 2 heteroatoms. The Morgan fingerprint density at radius 2 is 2.00 bits per heavy atom. The van der Waals surface area contributed by atoms with Gasteiger partial charge < -0.3 is 10.4 Å². The summed E-state index contributed by atoms with van der Waals surface area (Å²) in [5.41, 5.74) is 3.24. The molecule has 0 saturated carbocycles. The molecule has 2 nitrogen and oxygen atoms in total. The van der Waals surface area contributed by atoms with Crippen molar-refractivity contribution in [2.75, 3.05) is 5.32 Å². The Labute approximate surface area is 117 Å². The second kappa shape index (κ2) is 4.09. The molecular weight excluding hydrogens is 246 g/mol. The number of allylic oxidation sites excluding steroid dienone is 1. The molecule has 1 aliphatic rings. The van der Waals surface area contributed by atoms with E-state index in [0.717, 1.165) is 23.1 Å². The van der Waals surface area contributed by atoms with Crippen molar-refractivity contribution in [3.05, 3.63) is 66.2 Å². The highest BCUT2D eigenvalue weighted by Gasteiger charge is 2.24. The van der Waals surface area contributed by atoms with Crippen molar-refractivity contribution < 1.29 is 5.11 Å². The van der Waals surface area contributed by atoms with E-state index in [4.69, 9.17) is 0 Å². The minimum absolute atomic E-state index is 0.609. The zero-order valence-corrected chi connectivity index (χ0v) is 11.1. The zero-order valence-electron chi connectivity index (χ0n) is 11.1. The third-order valence-electron chi connectivity index (χ3n) is 4.07. The van der Waals surface area contributed by atoms with E-state index in [1.165, 1.54) is 21.7 Å². The highest BCUT2D eigenvalue weighted by molar-refractivity contribution is 6.16. The van der Waals surface area contributed by atoms with Crippen molar-refractivity contribution >= 4 is 27.2 Å². The van der Waals surface area contributed by atoms with Gasteiger partial charge >= 0.3 is 0 Å². The first-order valence-corrected chi connectivity index (χ1v) is 6.82. The van der Waals surface area contributed by atoms with Gasteiger partial charge in [-0.2, -0.15) is 0 Å². The standard InChI is InChI=1S/C18H15NO/c1-2-5-11-8-9-14-17-15(19-18(14)20)10-12-6-3-4-7-13(12)16(11)17/h2-4,6-10,18-20H,1,5H2. The topological polar surface area (TPSA) is 32.3 Å². The van der Waals surface area contributed by atoms with Crippen molar-refractivity contribution in [3.8, 4) is 0 Å². The lowest BCUT2D eigenvalue weighted by atomic mass is 9.93. The van der Waals surface area contributed by atoms with E-state index in [9.17, 15) is 5.11 Å². The van der Waals surface area contributed by atoms with Crippen LogP contribution < -0.4 is 5.32 Å². The fourth-order valence-electron chi connectivity index (χ4n) is 3.23. The summed E-state index contributed by atoms with van der Waals surface area (Å²) in [6.07, 6.45) is 2.15. The van der Waals surface area contributed by atoms with Crippen molar-refractivity contribution in [2.24, 2.45) is 0 Å². The molecule has 2 N–H and O–H groups in total. The van der Waals surface area contributed by atoms with Crippen LogP contribution in [0.1, 0.15) is 17.4 Å². The first-order valence-electron chi connectivity index (χ1n) is 6.82. The van der Waals surface area contributed by atoms with Crippen molar-refractivity contribution in [1.29, 1.82) is 0 Å². The summed E-state index contributed by atoms with van der Waals surface area (Å²) in [5, 5.41) is 18.1.